The van der Waals surface area contributed by atoms with Crippen LogP contribution in [0.4, 0.5) is 5.82 Å². The van der Waals surface area contributed by atoms with Crippen LogP contribution in [0.2, 0.25) is 5.02 Å². The first kappa shape index (κ1) is 16.6. The summed E-state index contributed by atoms with van der Waals surface area (Å²) in [4.78, 5) is 0.0244. The maximum Gasteiger partial charge on any atom is 0.266 e. The van der Waals surface area contributed by atoms with Crippen LogP contribution < -0.4 is 9.46 Å². The molecule has 6 nitrogen and oxygen atoms in total. The molecule has 0 atom stereocenters. The van der Waals surface area contributed by atoms with Gasteiger partial charge < -0.3 is 9.26 Å². The van der Waals surface area contributed by atoms with Crippen LogP contribution in [-0.4, -0.2) is 20.7 Å². The number of aryl methyl sites for hydroxylation is 2. The van der Waals surface area contributed by atoms with E-state index in [-0.39, 0.29) is 16.5 Å². The third kappa shape index (κ3) is 2.81. The van der Waals surface area contributed by atoms with Crippen molar-refractivity contribution >= 4 is 38.4 Å². The maximum absolute atomic E-state index is 12.8. The second kappa shape index (κ2) is 5.99. The Balaban J connectivity index is 2.10. The van der Waals surface area contributed by atoms with Crippen molar-refractivity contribution in [1.82, 2.24) is 5.16 Å². The Labute approximate surface area is 144 Å². The van der Waals surface area contributed by atoms with E-state index in [0.29, 0.717) is 16.0 Å². The highest BCUT2D eigenvalue weighted by Gasteiger charge is 2.24. The number of anilines is 1. The predicted octanol–water partition coefficient (Wildman–Crippen LogP) is 3.91. The number of hydrogen-bond donors (Lipinski definition) is 1. The highest BCUT2D eigenvalue weighted by atomic mass is 35.5. The summed E-state index contributed by atoms with van der Waals surface area (Å²) in [5.74, 6) is 0.292. The molecular weight excluding hydrogens is 352 g/mol. The summed E-state index contributed by atoms with van der Waals surface area (Å²) in [6, 6.07) is 8.22. The maximum atomic E-state index is 12.8. The lowest BCUT2D eigenvalue weighted by Crippen LogP contribution is -2.15. The van der Waals surface area contributed by atoms with Crippen molar-refractivity contribution in [3.63, 3.8) is 0 Å². The molecule has 0 aliphatic heterocycles. The Hall–Kier alpha value is -2.25. The van der Waals surface area contributed by atoms with Gasteiger partial charge in [-0.25, -0.2) is 8.42 Å². The van der Waals surface area contributed by atoms with Gasteiger partial charge in [0.25, 0.3) is 10.0 Å². The van der Waals surface area contributed by atoms with Crippen molar-refractivity contribution in [2.24, 2.45) is 0 Å². The molecule has 0 saturated heterocycles. The van der Waals surface area contributed by atoms with E-state index < -0.39 is 10.0 Å². The summed E-state index contributed by atoms with van der Waals surface area (Å²) in [6.07, 6.45) is 0. The summed E-state index contributed by atoms with van der Waals surface area (Å²) >= 11 is 6.12. The molecule has 1 aromatic heterocycles. The molecule has 0 aliphatic rings. The molecule has 0 bridgehead atoms. The van der Waals surface area contributed by atoms with Gasteiger partial charge in [0.2, 0.25) is 0 Å². The fourth-order valence-electron chi connectivity index (χ4n) is 2.34. The van der Waals surface area contributed by atoms with E-state index in [0.717, 1.165) is 11.1 Å². The quantitative estimate of drug-likeness (QED) is 0.757. The minimum Gasteiger partial charge on any atom is -0.495 e. The van der Waals surface area contributed by atoms with E-state index in [1.807, 2.05) is 13.8 Å². The normalized spacial score (nSPS) is 11.7. The molecular formula is C16H15ClN2O4S. The molecule has 24 heavy (non-hydrogen) atoms. The van der Waals surface area contributed by atoms with E-state index in [1.54, 1.807) is 30.3 Å². The van der Waals surface area contributed by atoms with Crippen molar-refractivity contribution in [3.8, 4) is 5.75 Å². The smallest absolute Gasteiger partial charge is 0.266 e. The van der Waals surface area contributed by atoms with Gasteiger partial charge in [0, 0.05) is 0 Å². The van der Waals surface area contributed by atoms with Gasteiger partial charge in [0.15, 0.2) is 11.4 Å². The summed E-state index contributed by atoms with van der Waals surface area (Å²) in [5, 5.41) is 4.53. The fraction of sp³-hybridized carbons (Fsp3) is 0.188. The van der Waals surface area contributed by atoms with Gasteiger partial charge in [-0.05, 0) is 49.2 Å². The molecule has 0 radical (unpaired) electrons. The summed E-state index contributed by atoms with van der Waals surface area (Å²) in [6.45, 7) is 3.71. The van der Waals surface area contributed by atoms with Crippen LogP contribution in [-0.2, 0) is 10.0 Å². The summed E-state index contributed by atoms with van der Waals surface area (Å²) < 4.78 is 38.3. The zero-order valence-corrected chi connectivity index (χ0v) is 14.8. The Morgan fingerprint density at radius 2 is 1.92 bits per heavy atom. The van der Waals surface area contributed by atoms with Crippen molar-refractivity contribution in [1.29, 1.82) is 0 Å². The third-order valence-electron chi connectivity index (χ3n) is 3.75. The van der Waals surface area contributed by atoms with Gasteiger partial charge in [-0.3, -0.25) is 4.72 Å². The van der Waals surface area contributed by atoms with Crippen molar-refractivity contribution in [2.75, 3.05) is 11.8 Å². The Morgan fingerprint density at radius 1 is 1.21 bits per heavy atom. The van der Waals surface area contributed by atoms with Crippen LogP contribution in [0.25, 0.3) is 11.0 Å². The largest absolute Gasteiger partial charge is 0.495 e. The topological polar surface area (TPSA) is 81.4 Å². The molecule has 0 amide bonds. The highest BCUT2D eigenvalue weighted by Crippen LogP contribution is 2.33. The number of benzene rings is 2. The first-order valence-electron chi connectivity index (χ1n) is 7.05. The number of methoxy groups -OCH3 is 1. The number of rotatable bonds is 4. The Morgan fingerprint density at radius 3 is 2.62 bits per heavy atom. The molecule has 8 heteroatoms. The molecule has 1 heterocycles. The second-order valence-electron chi connectivity index (χ2n) is 5.34. The van der Waals surface area contributed by atoms with E-state index in [9.17, 15) is 8.42 Å². The van der Waals surface area contributed by atoms with E-state index in [4.69, 9.17) is 20.9 Å². The van der Waals surface area contributed by atoms with E-state index in [2.05, 4.69) is 9.88 Å². The minimum atomic E-state index is -3.93. The molecule has 3 aromatic rings. The number of ether oxygens (including phenoxy) is 1. The number of hydrogen-bond acceptors (Lipinski definition) is 5. The van der Waals surface area contributed by atoms with Gasteiger partial charge in [0.05, 0.1) is 17.5 Å². The van der Waals surface area contributed by atoms with Gasteiger partial charge in [-0.2, -0.15) is 0 Å². The standard InChI is InChI=1S/C16H15ClN2O4S/c1-9-7-13(22-3)14(8-10(9)2)24(20,21)19-16-15-11(17)5-4-6-12(15)23-18-16/h4-8H,1-3H3,(H,18,19). The van der Waals surface area contributed by atoms with Crippen LogP contribution in [0.15, 0.2) is 39.8 Å². The zero-order valence-electron chi connectivity index (χ0n) is 13.3. The van der Waals surface area contributed by atoms with Crippen molar-refractivity contribution in [3.05, 3.63) is 46.5 Å². The average Bonchev–Trinajstić information content (AvgIpc) is 2.93. The van der Waals surface area contributed by atoms with Crippen LogP contribution >= 0.6 is 11.6 Å². The molecule has 3 rings (SSSR count). The first-order chi connectivity index (χ1) is 11.3. The van der Waals surface area contributed by atoms with Crippen molar-refractivity contribution < 1.29 is 17.7 Å². The SMILES string of the molecule is COc1cc(C)c(C)cc1S(=O)(=O)Nc1noc2cccc(Cl)c12. The number of sulfonamides is 1. The predicted molar refractivity (Wildman–Crippen MR) is 92.3 cm³/mol. The molecule has 126 valence electrons. The van der Waals surface area contributed by atoms with Crippen LogP contribution in [0, 0.1) is 13.8 Å². The summed E-state index contributed by atoms with van der Waals surface area (Å²) in [5.41, 5.74) is 2.16. The summed E-state index contributed by atoms with van der Waals surface area (Å²) in [7, 11) is -2.51. The molecule has 0 aliphatic carbocycles. The molecule has 2 aromatic carbocycles. The monoisotopic (exact) mass is 366 g/mol. The Bertz CT molecular complexity index is 1030. The highest BCUT2D eigenvalue weighted by molar-refractivity contribution is 7.92. The molecule has 0 fully saturated rings. The lowest BCUT2D eigenvalue weighted by atomic mass is 10.1. The third-order valence-corrected chi connectivity index (χ3v) is 5.42. The van der Waals surface area contributed by atoms with Crippen LogP contribution in [0.5, 0.6) is 5.75 Å². The molecule has 0 spiro atoms. The first-order valence-corrected chi connectivity index (χ1v) is 8.91. The number of nitrogens with zero attached hydrogens (tertiary/aromatic N) is 1. The lowest BCUT2D eigenvalue weighted by molar-refractivity contribution is 0.402. The number of aromatic nitrogens is 1. The molecule has 0 unspecified atom stereocenters. The Kier molecular flexibility index (Phi) is 4.15. The second-order valence-corrected chi connectivity index (χ2v) is 7.40. The van der Waals surface area contributed by atoms with Gasteiger partial charge >= 0.3 is 0 Å². The number of nitrogens with one attached hydrogen (secondary N) is 1. The fourth-order valence-corrected chi connectivity index (χ4v) is 3.83. The van der Waals surface area contributed by atoms with Gasteiger partial charge in [0.1, 0.15) is 10.6 Å². The van der Waals surface area contributed by atoms with E-state index >= 15 is 0 Å². The molecule has 1 N–H and O–H groups in total. The average molecular weight is 367 g/mol. The van der Waals surface area contributed by atoms with E-state index in [1.165, 1.54) is 7.11 Å². The van der Waals surface area contributed by atoms with Crippen LogP contribution in [0.3, 0.4) is 0 Å². The van der Waals surface area contributed by atoms with Crippen LogP contribution in [0.1, 0.15) is 11.1 Å². The van der Waals surface area contributed by atoms with Crippen molar-refractivity contribution in [2.45, 2.75) is 18.7 Å². The zero-order chi connectivity index (χ0) is 17.5. The lowest BCUT2D eigenvalue weighted by Gasteiger charge is -2.12. The van der Waals surface area contributed by atoms with Gasteiger partial charge in [-0.15, -0.1) is 0 Å². The minimum absolute atomic E-state index is 0.0244. The van der Waals surface area contributed by atoms with Gasteiger partial charge in [-0.1, -0.05) is 22.8 Å². The number of halogens is 1. The molecule has 0 saturated carbocycles. The number of fused-ring (bicyclic) bond motifs is 1.